The van der Waals surface area contributed by atoms with Crippen molar-refractivity contribution in [2.24, 2.45) is 0 Å². The monoisotopic (exact) mass is 243 g/mol. The van der Waals surface area contributed by atoms with Crippen molar-refractivity contribution in [1.82, 2.24) is 4.72 Å². The first-order chi connectivity index (χ1) is 7.56. The maximum atomic E-state index is 11.8. The average molecular weight is 243 g/mol. The number of sulfonamides is 1. The minimum absolute atomic E-state index is 0.0688. The lowest BCUT2D eigenvalue weighted by Crippen LogP contribution is -2.48. The van der Waals surface area contributed by atoms with E-state index in [4.69, 9.17) is 9.47 Å². The van der Waals surface area contributed by atoms with Crippen LogP contribution in [0.5, 0.6) is 0 Å². The number of benzene rings is 1. The van der Waals surface area contributed by atoms with Crippen molar-refractivity contribution in [1.29, 1.82) is 0 Å². The molecule has 0 bridgehead atoms. The predicted molar refractivity (Wildman–Crippen MR) is 57.3 cm³/mol. The molecule has 88 valence electrons. The van der Waals surface area contributed by atoms with Crippen LogP contribution in [-0.2, 0) is 25.3 Å². The highest BCUT2D eigenvalue weighted by Crippen LogP contribution is 2.34. The van der Waals surface area contributed by atoms with Crippen molar-refractivity contribution in [3.05, 3.63) is 29.8 Å². The van der Waals surface area contributed by atoms with Crippen molar-refractivity contribution < 1.29 is 17.9 Å². The molecule has 1 aliphatic heterocycles. The van der Waals surface area contributed by atoms with Crippen LogP contribution in [0.3, 0.4) is 0 Å². The van der Waals surface area contributed by atoms with Crippen LogP contribution in [0.2, 0.25) is 0 Å². The smallest absolute Gasteiger partial charge is 0.241 e. The SMILES string of the molecule is COC1(OC)CNS(=O)(=O)c2ccccc21. The normalized spacial score (nSPS) is 21.4. The Labute approximate surface area is 94.4 Å². The molecule has 1 heterocycles. The Bertz CT molecular complexity index is 493. The summed E-state index contributed by atoms with van der Waals surface area (Å²) < 4.78 is 36.6. The van der Waals surface area contributed by atoms with Crippen molar-refractivity contribution in [3.63, 3.8) is 0 Å². The van der Waals surface area contributed by atoms with E-state index < -0.39 is 15.8 Å². The zero-order valence-electron chi connectivity index (χ0n) is 9.06. The Kier molecular flexibility index (Phi) is 2.75. The molecule has 0 fully saturated rings. The number of nitrogens with one attached hydrogen (secondary N) is 1. The van der Waals surface area contributed by atoms with Crippen LogP contribution in [0.25, 0.3) is 0 Å². The molecule has 1 aromatic rings. The standard InChI is InChI=1S/C10H13NO4S/c1-14-10(15-2)7-11-16(12,13)9-6-4-3-5-8(9)10/h3-6,11H,7H2,1-2H3. The molecule has 0 unspecified atom stereocenters. The number of hydrogen-bond donors (Lipinski definition) is 1. The largest absolute Gasteiger partial charge is 0.348 e. The first-order valence-corrected chi connectivity index (χ1v) is 6.23. The topological polar surface area (TPSA) is 64.6 Å². The van der Waals surface area contributed by atoms with E-state index in [0.717, 1.165) is 0 Å². The third kappa shape index (κ3) is 1.54. The number of ether oxygens (including phenoxy) is 2. The van der Waals surface area contributed by atoms with Gasteiger partial charge in [-0.2, -0.15) is 0 Å². The van der Waals surface area contributed by atoms with E-state index in [0.29, 0.717) is 5.56 Å². The number of hydrogen-bond acceptors (Lipinski definition) is 4. The molecule has 6 heteroatoms. The molecule has 0 atom stereocenters. The molecule has 0 amide bonds. The van der Waals surface area contributed by atoms with Crippen molar-refractivity contribution >= 4 is 10.0 Å². The van der Waals surface area contributed by atoms with Crippen LogP contribution in [0.1, 0.15) is 5.56 Å². The molecule has 0 aromatic heterocycles. The van der Waals surface area contributed by atoms with E-state index in [1.165, 1.54) is 20.3 Å². The molecular weight excluding hydrogens is 230 g/mol. The summed E-state index contributed by atoms with van der Waals surface area (Å²) in [5.74, 6) is -1.04. The van der Waals surface area contributed by atoms with E-state index in [-0.39, 0.29) is 11.4 Å². The van der Waals surface area contributed by atoms with E-state index >= 15 is 0 Å². The van der Waals surface area contributed by atoms with Gasteiger partial charge < -0.3 is 9.47 Å². The average Bonchev–Trinajstić information content (AvgIpc) is 2.31. The van der Waals surface area contributed by atoms with E-state index in [1.54, 1.807) is 18.2 Å². The highest BCUT2D eigenvalue weighted by atomic mass is 32.2. The summed E-state index contributed by atoms with van der Waals surface area (Å²) in [6, 6.07) is 6.65. The third-order valence-electron chi connectivity index (χ3n) is 2.74. The van der Waals surface area contributed by atoms with Gasteiger partial charge in [0.15, 0.2) is 0 Å². The molecule has 1 aliphatic rings. The summed E-state index contributed by atoms with van der Waals surface area (Å²) in [7, 11) is -0.471. The lowest BCUT2D eigenvalue weighted by molar-refractivity contribution is -0.212. The fourth-order valence-corrected chi connectivity index (χ4v) is 3.13. The van der Waals surface area contributed by atoms with Gasteiger partial charge in [0.1, 0.15) is 0 Å². The van der Waals surface area contributed by atoms with E-state index in [9.17, 15) is 8.42 Å². The summed E-state index contributed by atoms with van der Waals surface area (Å²) in [6.07, 6.45) is 0. The zero-order valence-corrected chi connectivity index (χ0v) is 9.87. The van der Waals surface area contributed by atoms with Crippen LogP contribution in [-0.4, -0.2) is 29.2 Å². The van der Waals surface area contributed by atoms with Crippen molar-refractivity contribution in [3.8, 4) is 0 Å². The van der Waals surface area contributed by atoms with E-state index in [1.807, 2.05) is 0 Å². The minimum Gasteiger partial charge on any atom is -0.348 e. The Balaban J connectivity index is 2.68. The Morgan fingerprint density at radius 1 is 1.25 bits per heavy atom. The molecule has 0 saturated heterocycles. The van der Waals surface area contributed by atoms with Gasteiger partial charge in [0.2, 0.25) is 15.8 Å². The molecule has 1 N–H and O–H groups in total. The van der Waals surface area contributed by atoms with Gasteiger partial charge in [-0.3, -0.25) is 0 Å². The van der Waals surface area contributed by atoms with Crippen LogP contribution in [0.4, 0.5) is 0 Å². The maximum Gasteiger partial charge on any atom is 0.241 e. The highest BCUT2D eigenvalue weighted by molar-refractivity contribution is 7.89. The van der Waals surface area contributed by atoms with Crippen molar-refractivity contribution in [2.75, 3.05) is 20.8 Å². The fraction of sp³-hybridized carbons (Fsp3) is 0.400. The number of fused-ring (bicyclic) bond motifs is 1. The summed E-state index contributed by atoms with van der Waals surface area (Å²) >= 11 is 0. The Morgan fingerprint density at radius 3 is 2.50 bits per heavy atom. The second-order valence-corrected chi connectivity index (χ2v) is 5.22. The minimum atomic E-state index is -3.44. The lowest BCUT2D eigenvalue weighted by Gasteiger charge is -2.36. The summed E-state index contributed by atoms with van der Waals surface area (Å²) in [6.45, 7) is 0.0688. The molecule has 0 aliphatic carbocycles. The zero-order chi connectivity index (χ0) is 11.8. The Morgan fingerprint density at radius 2 is 1.88 bits per heavy atom. The van der Waals surface area contributed by atoms with Crippen LogP contribution in [0.15, 0.2) is 29.2 Å². The van der Waals surface area contributed by atoms with E-state index in [2.05, 4.69) is 4.72 Å². The second kappa shape index (κ2) is 3.81. The van der Waals surface area contributed by atoms with Gasteiger partial charge >= 0.3 is 0 Å². The first-order valence-electron chi connectivity index (χ1n) is 4.75. The quantitative estimate of drug-likeness (QED) is 0.765. The molecule has 2 rings (SSSR count). The van der Waals surface area contributed by atoms with Gasteiger partial charge in [0.05, 0.1) is 11.4 Å². The molecule has 5 nitrogen and oxygen atoms in total. The van der Waals surface area contributed by atoms with Crippen LogP contribution < -0.4 is 4.72 Å². The van der Waals surface area contributed by atoms with Crippen LogP contribution >= 0.6 is 0 Å². The third-order valence-corrected chi connectivity index (χ3v) is 4.20. The van der Waals surface area contributed by atoms with Gasteiger partial charge in [0, 0.05) is 19.8 Å². The summed E-state index contributed by atoms with van der Waals surface area (Å²) in [4.78, 5) is 0.199. The number of methoxy groups -OCH3 is 2. The van der Waals surface area contributed by atoms with Gasteiger partial charge in [0.25, 0.3) is 0 Å². The summed E-state index contributed by atoms with van der Waals surface area (Å²) in [5, 5.41) is 0. The molecule has 0 saturated carbocycles. The van der Waals surface area contributed by atoms with Crippen molar-refractivity contribution in [2.45, 2.75) is 10.7 Å². The predicted octanol–water partition coefficient (Wildman–Crippen LogP) is 0.424. The number of rotatable bonds is 2. The van der Waals surface area contributed by atoms with Gasteiger partial charge in [-0.05, 0) is 6.07 Å². The van der Waals surface area contributed by atoms with Gasteiger partial charge in [-0.1, -0.05) is 18.2 Å². The van der Waals surface area contributed by atoms with Crippen LogP contribution in [0, 0.1) is 0 Å². The van der Waals surface area contributed by atoms with Gasteiger partial charge in [-0.25, -0.2) is 13.1 Å². The lowest BCUT2D eigenvalue weighted by atomic mass is 10.1. The molecule has 0 spiro atoms. The molecule has 16 heavy (non-hydrogen) atoms. The highest BCUT2D eigenvalue weighted by Gasteiger charge is 2.42. The Hall–Kier alpha value is -0.950. The second-order valence-electron chi connectivity index (χ2n) is 3.48. The molecule has 0 radical (unpaired) electrons. The fourth-order valence-electron chi connectivity index (χ4n) is 1.83. The summed E-state index contributed by atoms with van der Waals surface area (Å²) in [5.41, 5.74) is 0.527. The first kappa shape index (κ1) is 11.5. The van der Waals surface area contributed by atoms with Gasteiger partial charge in [-0.15, -0.1) is 0 Å². The molecular formula is C10H13NO4S. The maximum absolute atomic E-state index is 11.8. The molecule has 1 aromatic carbocycles.